The second-order valence-electron chi connectivity index (χ2n) is 5.72. The highest BCUT2D eigenvalue weighted by Gasteiger charge is 2.16. The molecular weight excluding hydrogens is 226 g/mol. The third-order valence-electron chi connectivity index (χ3n) is 4.01. The second-order valence-corrected chi connectivity index (χ2v) is 5.72. The summed E-state index contributed by atoms with van der Waals surface area (Å²) in [4.78, 5) is 2.59. The van der Waals surface area contributed by atoms with Gasteiger partial charge >= 0.3 is 0 Å². The summed E-state index contributed by atoms with van der Waals surface area (Å²) in [5, 5.41) is 7.15. The summed E-state index contributed by atoms with van der Waals surface area (Å²) in [6, 6.07) is 1.12. The molecule has 18 heavy (non-hydrogen) atoms. The van der Waals surface area contributed by atoms with Crippen molar-refractivity contribution in [2.45, 2.75) is 44.7 Å². The van der Waals surface area contributed by atoms with Crippen molar-refractivity contribution in [3.8, 4) is 0 Å². The van der Waals surface area contributed by atoms with Crippen molar-refractivity contribution in [2.75, 3.05) is 45.9 Å². The van der Waals surface area contributed by atoms with Crippen LogP contribution in [0.15, 0.2) is 0 Å². The van der Waals surface area contributed by atoms with Gasteiger partial charge in [-0.2, -0.15) is 0 Å². The molecule has 0 aliphatic carbocycles. The van der Waals surface area contributed by atoms with E-state index in [-0.39, 0.29) is 0 Å². The fraction of sp³-hybridized carbons (Fsp3) is 1.00. The fourth-order valence-corrected chi connectivity index (χ4v) is 2.93. The van der Waals surface area contributed by atoms with Gasteiger partial charge in [-0.15, -0.1) is 0 Å². The van der Waals surface area contributed by atoms with Gasteiger partial charge in [-0.1, -0.05) is 6.42 Å². The molecule has 0 amide bonds. The Labute approximate surface area is 111 Å². The van der Waals surface area contributed by atoms with Crippen LogP contribution >= 0.6 is 0 Å². The monoisotopic (exact) mass is 255 g/mol. The zero-order valence-corrected chi connectivity index (χ0v) is 11.8. The van der Waals surface area contributed by atoms with E-state index in [1.54, 1.807) is 0 Å². The number of nitrogens with one attached hydrogen (secondary N) is 2. The van der Waals surface area contributed by atoms with Gasteiger partial charge in [0.05, 0.1) is 13.2 Å². The predicted octanol–water partition coefficient (Wildman–Crippen LogP) is 0.829. The molecule has 0 aromatic heterocycles. The quantitative estimate of drug-likeness (QED) is 0.737. The van der Waals surface area contributed by atoms with Crippen molar-refractivity contribution in [3.05, 3.63) is 0 Å². The van der Waals surface area contributed by atoms with Crippen molar-refractivity contribution < 1.29 is 4.74 Å². The summed E-state index contributed by atoms with van der Waals surface area (Å²) < 4.78 is 5.48. The van der Waals surface area contributed by atoms with E-state index in [0.717, 1.165) is 26.3 Å². The molecule has 0 radical (unpaired) electrons. The van der Waals surface area contributed by atoms with Gasteiger partial charge in [-0.25, -0.2) is 0 Å². The molecule has 2 aliphatic rings. The smallest absolute Gasteiger partial charge is 0.0620 e. The fourth-order valence-electron chi connectivity index (χ4n) is 2.93. The normalized spacial score (nSPS) is 28.2. The molecule has 2 unspecified atom stereocenters. The number of piperidine rings is 1. The Morgan fingerprint density at radius 1 is 1.33 bits per heavy atom. The molecule has 2 atom stereocenters. The highest BCUT2D eigenvalue weighted by Crippen LogP contribution is 2.07. The SMILES string of the molecule is CC(CC1COCCN1)NCCN1CCCCC1. The van der Waals surface area contributed by atoms with Gasteiger partial charge in [-0.05, 0) is 39.3 Å². The van der Waals surface area contributed by atoms with Crippen LogP contribution in [0.4, 0.5) is 0 Å². The molecule has 2 saturated heterocycles. The van der Waals surface area contributed by atoms with Crippen LogP contribution in [0.25, 0.3) is 0 Å². The summed E-state index contributed by atoms with van der Waals surface area (Å²) in [6.45, 7) is 9.96. The molecule has 0 bridgehead atoms. The van der Waals surface area contributed by atoms with E-state index in [1.807, 2.05) is 0 Å². The van der Waals surface area contributed by atoms with E-state index in [9.17, 15) is 0 Å². The highest BCUT2D eigenvalue weighted by molar-refractivity contribution is 4.76. The number of rotatable bonds is 6. The van der Waals surface area contributed by atoms with Crippen molar-refractivity contribution in [1.29, 1.82) is 0 Å². The molecule has 2 N–H and O–H groups in total. The van der Waals surface area contributed by atoms with E-state index < -0.39 is 0 Å². The Kier molecular flexibility index (Phi) is 6.41. The minimum Gasteiger partial charge on any atom is -0.379 e. The van der Waals surface area contributed by atoms with Crippen LogP contribution < -0.4 is 10.6 Å². The van der Waals surface area contributed by atoms with Gasteiger partial charge in [0.1, 0.15) is 0 Å². The zero-order valence-electron chi connectivity index (χ0n) is 11.8. The Hall–Kier alpha value is -0.160. The Balaban J connectivity index is 1.52. The standard InChI is InChI=1S/C14H29N3O/c1-13(11-14-12-18-10-6-16-14)15-5-9-17-7-3-2-4-8-17/h13-16H,2-12H2,1H3. The van der Waals surface area contributed by atoms with Crippen LogP contribution in [-0.4, -0.2) is 62.9 Å². The molecule has 0 aromatic rings. The Morgan fingerprint density at radius 2 is 2.17 bits per heavy atom. The van der Waals surface area contributed by atoms with Gasteiger partial charge in [-0.3, -0.25) is 0 Å². The molecule has 4 nitrogen and oxygen atoms in total. The molecule has 0 spiro atoms. The topological polar surface area (TPSA) is 36.5 Å². The molecule has 0 saturated carbocycles. The van der Waals surface area contributed by atoms with Crippen LogP contribution in [0, 0.1) is 0 Å². The number of hydrogen-bond acceptors (Lipinski definition) is 4. The first-order valence-electron chi connectivity index (χ1n) is 7.61. The van der Waals surface area contributed by atoms with Gasteiger partial charge in [0, 0.05) is 31.7 Å². The minimum absolute atomic E-state index is 0.538. The summed E-state index contributed by atoms with van der Waals surface area (Å²) in [5.41, 5.74) is 0. The third kappa shape index (κ3) is 5.22. The zero-order chi connectivity index (χ0) is 12.6. The summed E-state index contributed by atoms with van der Waals surface area (Å²) in [5.74, 6) is 0. The second kappa shape index (κ2) is 8.10. The number of nitrogens with zero attached hydrogens (tertiary/aromatic N) is 1. The lowest BCUT2D eigenvalue weighted by atomic mass is 10.1. The molecular formula is C14H29N3O. The van der Waals surface area contributed by atoms with Crippen molar-refractivity contribution >= 4 is 0 Å². The average molecular weight is 255 g/mol. The first-order valence-corrected chi connectivity index (χ1v) is 7.61. The van der Waals surface area contributed by atoms with Crippen LogP contribution in [0.2, 0.25) is 0 Å². The summed E-state index contributed by atoms with van der Waals surface area (Å²) >= 11 is 0. The van der Waals surface area contributed by atoms with Crippen LogP contribution in [0.5, 0.6) is 0 Å². The van der Waals surface area contributed by atoms with Gasteiger partial charge in [0.25, 0.3) is 0 Å². The number of morpholine rings is 1. The lowest BCUT2D eigenvalue weighted by Crippen LogP contribution is -2.46. The van der Waals surface area contributed by atoms with E-state index in [1.165, 1.54) is 45.3 Å². The van der Waals surface area contributed by atoms with Gasteiger partial charge in [0.15, 0.2) is 0 Å². The predicted molar refractivity (Wildman–Crippen MR) is 75.0 cm³/mol. The lowest BCUT2D eigenvalue weighted by molar-refractivity contribution is 0.0711. The van der Waals surface area contributed by atoms with E-state index in [4.69, 9.17) is 4.74 Å². The Morgan fingerprint density at radius 3 is 2.89 bits per heavy atom. The first-order chi connectivity index (χ1) is 8.84. The minimum atomic E-state index is 0.538. The summed E-state index contributed by atoms with van der Waals surface area (Å²) in [7, 11) is 0. The highest BCUT2D eigenvalue weighted by atomic mass is 16.5. The molecule has 4 heteroatoms. The van der Waals surface area contributed by atoms with Crippen molar-refractivity contribution in [2.24, 2.45) is 0 Å². The lowest BCUT2D eigenvalue weighted by Gasteiger charge is -2.29. The van der Waals surface area contributed by atoms with E-state index >= 15 is 0 Å². The molecule has 2 aliphatic heterocycles. The molecule has 2 heterocycles. The number of hydrogen-bond donors (Lipinski definition) is 2. The van der Waals surface area contributed by atoms with E-state index in [0.29, 0.717) is 12.1 Å². The Bertz CT molecular complexity index is 213. The molecule has 2 rings (SSSR count). The maximum absolute atomic E-state index is 5.48. The summed E-state index contributed by atoms with van der Waals surface area (Å²) in [6.07, 6.45) is 5.37. The largest absolute Gasteiger partial charge is 0.379 e. The maximum Gasteiger partial charge on any atom is 0.0620 e. The van der Waals surface area contributed by atoms with Crippen LogP contribution in [0.3, 0.4) is 0 Å². The average Bonchev–Trinajstić information content (AvgIpc) is 2.41. The molecule has 2 fully saturated rings. The van der Waals surface area contributed by atoms with Crippen molar-refractivity contribution in [3.63, 3.8) is 0 Å². The van der Waals surface area contributed by atoms with Crippen LogP contribution in [0.1, 0.15) is 32.6 Å². The number of likely N-dealkylation sites (tertiary alicyclic amines) is 1. The first kappa shape index (κ1) is 14.3. The van der Waals surface area contributed by atoms with Crippen molar-refractivity contribution in [1.82, 2.24) is 15.5 Å². The molecule has 0 aromatic carbocycles. The van der Waals surface area contributed by atoms with Gasteiger partial charge in [0.2, 0.25) is 0 Å². The third-order valence-corrected chi connectivity index (χ3v) is 4.01. The number of ether oxygens (including phenoxy) is 1. The van der Waals surface area contributed by atoms with E-state index in [2.05, 4.69) is 22.5 Å². The van der Waals surface area contributed by atoms with Gasteiger partial charge < -0.3 is 20.3 Å². The maximum atomic E-state index is 5.48. The molecule has 106 valence electrons. The van der Waals surface area contributed by atoms with Crippen LogP contribution in [-0.2, 0) is 4.74 Å².